The Hall–Kier alpha value is -3.10. The van der Waals surface area contributed by atoms with E-state index in [1.54, 1.807) is 24.3 Å². The summed E-state index contributed by atoms with van der Waals surface area (Å²) < 4.78 is 42.1. The van der Waals surface area contributed by atoms with Crippen LogP contribution < -0.4 is 15.2 Å². The van der Waals surface area contributed by atoms with Crippen LogP contribution in [0.1, 0.15) is 40.4 Å². The van der Waals surface area contributed by atoms with Crippen molar-refractivity contribution < 1.29 is 27.8 Å². The molecule has 1 atom stereocenters. The van der Waals surface area contributed by atoms with Gasteiger partial charge in [0.25, 0.3) is 0 Å². The third-order valence-electron chi connectivity index (χ3n) is 5.50. The fraction of sp³-hybridized carbons (Fsp3) is 0.280. The lowest BCUT2D eigenvalue weighted by atomic mass is 10.0. The number of esters is 1. The van der Waals surface area contributed by atoms with Gasteiger partial charge in [0.2, 0.25) is 0 Å². The Bertz CT molecular complexity index is 1190. The minimum absolute atomic E-state index is 0.0930. The lowest BCUT2D eigenvalue weighted by molar-refractivity contribution is -0.0515. The quantitative estimate of drug-likeness (QED) is 0.241. The summed E-state index contributed by atoms with van der Waals surface area (Å²) >= 11 is 12.6. The minimum Gasteiger partial charge on any atom is -0.489 e. The first-order chi connectivity index (χ1) is 16.8. The molecule has 0 spiro atoms. The van der Waals surface area contributed by atoms with Gasteiger partial charge in [-0.05, 0) is 54.2 Å². The van der Waals surface area contributed by atoms with Crippen molar-refractivity contribution in [2.45, 2.75) is 32.0 Å². The molecule has 2 N–H and O–H groups in total. The van der Waals surface area contributed by atoms with E-state index >= 15 is 0 Å². The summed E-state index contributed by atoms with van der Waals surface area (Å²) in [6.45, 7) is -2.65. The number of pyridine rings is 1. The zero-order valence-electron chi connectivity index (χ0n) is 18.4. The molecule has 10 heteroatoms. The van der Waals surface area contributed by atoms with Crippen LogP contribution in [0.25, 0.3) is 0 Å². The minimum atomic E-state index is -3.02. The van der Waals surface area contributed by atoms with Crippen LogP contribution in [-0.2, 0) is 11.2 Å². The number of aromatic nitrogens is 1. The number of hydrogen-bond donors (Lipinski definition) is 1. The number of anilines is 1. The number of nitrogen functional groups attached to an aromatic ring is 1. The maximum absolute atomic E-state index is 13.0. The molecule has 1 unspecified atom stereocenters. The third kappa shape index (κ3) is 6.52. The molecule has 0 saturated heterocycles. The summed E-state index contributed by atoms with van der Waals surface area (Å²) in [5.41, 5.74) is 7.37. The predicted octanol–water partition coefficient (Wildman–Crippen LogP) is 6.50. The van der Waals surface area contributed by atoms with Gasteiger partial charge >= 0.3 is 12.6 Å². The molecule has 0 radical (unpaired) electrons. The fourth-order valence-electron chi connectivity index (χ4n) is 3.44. The number of hydrogen-bond acceptors (Lipinski definition) is 6. The van der Waals surface area contributed by atoms with Gasteiger partial charge < -0.3 is 19.9 Å². The highest BCUT2D eigenvalue weighted by molar-refractivity contribution is 6.35. The van der Waals surface area contributed by atoms with Gasteiger partial charge in [-0.3, -0.25) is 4.98 Å². The van der Waals surface area contributed by atoms with E-state index in [4.69, 9.17) is 38.4 Å². The van der Waals surface area contributed by atoms with Gasteiger partial charge in [-0.15, -0.1) is 0 Å². The second-order valence-electron chi connectivity index (χ2n) is 8.11. The first-order valence-corrected chi connectivity index (χ1v) is 11.6. The molecule has 1 aromatic heterocycles. The van der Waals surface area contributed by atoms with E-state index in [0.717, 1.165) is 12.8 Å². The molecule has 1 fully saturated rings. The molecule has 35 heavy (non-hydrogen) atoms. The molecule has 0 bridgehead atoms. The van der Waals surface area contributed by atoms with Crippen molar-refractivity contribution >= 4 is 34.9 Å². The van der Waals surface area contributed by atoms with Crippen LogP contribution in [-0.4, -0.2) is 24.2 Å². The van der Waals surface area contributed by atoms with Gasteiger partial charge in [0.1, 0.15) is 6.10 Å². The lowest BCUT2D eigenvalue weighted by Gasteiger charge is -2.22. The smallest absolute Gasteiger partial charge is 0.387 e. The van der Waals surface area contributed by atoms with Crippen molar-refractivity contribution in [3.05, 3.63) is 81.6 Å². The lowest BCUT2D eigenvalue weighted by Crippen LogP contribution is -2.16. The number of para-hydroxylation sites is 1. The van der Waals surface area contributed by atoms with E-state index in [2.05, 4.69) is 9.72 Å². The standard InChI is InChI=1S/C25H22Cl2F2N2O4/c26-18-11-31-12-19(27)17(18)10-22(34-24(32)16-3-1-2-4-20(16)30)15-7-8-21(35-25(28)29)23(9-15)33-13-14-5-6-14/h1-4,7-9,11-12,14,22,25H,5-6,10,13,30H2. The van der Waals surface area contributed by atoms with Crippen LogP contribution in [0.15, 0.2) is 54.9 Å². The number of ether oxygens (including phenoxy) is 3. The van der Waals surface area contributed by atoms with Gasteiger partial charge in [0, 0.05) is 24.5 Å². The number of carbonyl (C=O) groups is 1. The monoisotopic (exact) mass is 522 g/mol. The van der Waals surface area contributed by atoms with Crippen molar-refractivity contribution in [1.82, 2.24) is 4.98 Å². The van der Waals surface area contributed by atoms with E-state index in [9.17, 15) is 13.6 Å². The molecule has 1 saturated carbocycles. The number of halogens is 4. The van der Waals surface area contributed by atoms with E-state index in [1.165, 1.54) is 30.6 Å². The van der Waals surface area contributed by atoms with Crippen LogP contribution in [0.4, 0.5) is 14.5 Å². The van der Waals surface area contributed by atoms with Crippen LogP contribution in [0.3, 0.4) is 0 Å². The first kappa shape index (κ1) is 25.0. The summed E-state index contributed by atoms with van der Waals surface area (Å²) in [5, 5.41) is 0.585. The molecule has 0 aliphatic heterocycles. The summed E-state index contributed by atoms with van der Waals surface area (Å²) in [6, 6.07) is 10.9. The Labute approximate surface area is 210 Å². The Kier molecular flexibility index (Phi) is 7.93. The Morgan fingerprint density at radius 1 is 1.09 bits per heavy atom. The van der Waals surface area contributed by atoms with Crippen molar-refractivity contribution in [2.75, 3.05) is 12.3 Å². The molecule has 184 valence electrons. The van der Waals surface area contributed by atoms with E-state index in [0.29, 0.717) is 33.7 Å². The molecule has 6 nitrogen and oxygen atoms in total. The molecule has 3 aromatic rings. The van der Waals surface area contributed by atoms with E-state index < -0.39 is 18.7 Å². The van der Waals surface area contributed by atoms with Crippen molar-refractivity contribution in [1.29, 1.82) is 0 Å². The number of benzene rings is 2. The van der Waals surface area contributed by atoms with E-state index in [-0.39, 0.29) is 29.2 Å². The Morgan fingerprint density at radius 3 is 2.46 bits per heavy atom. The number of nitrogens with zero attached hydrogens (tertiary/aromatic N) is 1. The molecule has 4 rings (SSSR count). The number of carbonyl (C=O) groups excluding carboxylic acids is 1. The zero-order valence-corrected chi connectivity index (χ0v) is 19.9. The molecular formula is C25H22Cl2F2N2O4. The molecule has 1 aliphatic rings. The predicted molar refractivity (Wildman–Crippen MR) is 128 cm³/mol. The van der Waals surface area contributed by atoms with Crippen LogP contribution in [0, 0.1) is 5.92 Å². The highest BCUT2D eigenvalue weighted by Gasteiger charge is 2.26. The van der Waals surface area contributed by atoms with Gasteiger partial charge in [-0.1, -0.05) is 41.4 Å². The number of alkyl halides is 2. The highest BCUT2D eigenvalue weighted by atomic mass is 35.5. The first-order valence-electron chi connectivity index (χ1n) is 10.9. The van der Waals surface area contributed by atoms with Crippen molar-refractivity contribution in [3.8, 4) is 11.5 Å². The molecule has 0 amide bonds. The Balaban J connectivity index is 1.69. The molecule has 1 aliphatic carbocycles. The van der Waals surface area contributed by atoms with Crippen LogP contribution in [0.2, 0.25) is 10.0 Å². The summed E-state index contributed by atoms with van der Waals surface area (Å²) in [5.74, 6) is -0.270. The third-order valence-corrected chi connectivity index (χ3v) is 6.15. The molecule has 1 heterocycles. The fourth-order valence-corrected chi connectivity index (χ4v) is 3.96. The average molecular weight is 523 g/mol. The SMILES string of the molecule is Nc1ccccc1C(=O)OC(Cc1c(Cl)cncc1Cl)c1ccc(OC(F)F)c(OCC2CC2)c1. The second kappa shape index (κ2) is 11.1. The number of nitrogens with two attached hydrogens (primary N) is 1. The average Bonchev–Trinajstić information content (AvgIpc) is 3.64. The normalized spacial score (nSPS) is 14.0. The van der Waals surface area contributed by atoms with Crippen LogP contribution in [0.5, 0.6) is 11.5 Å². The van der Waals surface area contributed by atoms with Gasteiger partial charge in [-0.25, -0.2) is 4.79 Å². The van der Waals surface area contributed by atoms with Crippen LogP contribution >= 0.6 is 23.2 Å². The summed E-state index contributed by atoms with van der Waals surface area (Å²) in [4.78, 5) is 16.9. The largest absolute Gasteiger partial charge is 0.489 e. The summed E-state index contributed by atoms with van der Waals surface area (Å²) in [7, 11) is 0. The van der Waals surface area contributed by atoms with Gasteiger partial charge in [-0.2, -0.15) is 8.78 Å². The maximum Gasteiger partial charge on any atom is 0.387 e. The highest BCUT2D eigenvalue weighted by Crippen LogP contribution is 2.38. The van der Waals surface area contributed by atoms with Crippen molar-refractivity contribution in [2.24, 2.45) is 5.92 Å². The van der Waals surface area contributed by atoms with Gasteiger partial charge in [0.15, 0.2) is 11.5 Å². The topological polar surface area (TPSA) is 83.7 Å². The maximum atomic E-state index is 13.0. The molecular weight excluding hydrogens is 501 g/mol. The summed E-state index contributed by atoms with van der Waals surface area (Å²) in [6.07, 6.45) is 4.09. The Morgan fingerprint density at radius 2 is 1.80 bits per heavy atom. The molecule has 2 aromatic carbocycles. The van der Waals surface area contributed by atoms with E-state index in [1.807, 2.05) is 0 Å². The second-order valence-corrected chi connectivity index (χ2v) is 8.92. The van der Waals surface area contributed by atoms with Gasteiger partial charge in [0.05, 0.1) is 22.2 Å². The van der Waals surface area contributed by atoms with Crippen molar-refractivity contribution in [3.63, 3.8) is 0 Å². The zero-order chi connectivity index (χ0) is 24.9. The number of rotatable bonds is 10.